The molecule has 1 amide bonds. The predicted octanol–water partition coefficient (Wildman–Crippen LogP) is 3.21. The van der Waals surface area contributed by atoms with Gasteiger partial charge in [0, 0.05) is 17.1 Å². The second-order valence-electron chi connectivity index (χ2n) is 4.91. The van der Waals surface area contributed by atoms with Crippen LogP contribution in [0, 0.1) is 11.7 Å². The van der Waals surface area contributed by atoms with Crippen LogP contribution in [0.1, 0.15) is 29.6 Å². The molecule has 0 spiro atoms. The van der Waals surface area contributed by atoms with Crippen LogP contribution in [0.5, 0.6) is 0 Å². The predicted molar refractivity (Wildman–Crippen MR) is 66.3 cm³/mol. The van der Waals surface area contributed by atoms with Crippen LogP contribution in [-0.4, -0.2) is 23.4 Å². The van der Waals surface area contributed by atoms with E-state index in [1.54, 1.807) is 6.07 Å². The Kier molecular flexibility index (Phi) is 2.69. The van der Waals surface area contributed by atoms with Crippen LogP contribution >= 0.6 is 15.9 Å². The Labute approximate surface area is 108 Å². The molecular formula is C13H13BrFNO. The minimum atomic E-state index is -0.360. The van der Waals surface area contributed by atoms with Gasteiger partial charge in [-0.1, -0.05) is 0 Å². The third kappa shape index (κ3) is 1.88. The van der Waals surface area contributed by atoms with Crippen LogP contribution < -0.4 is 0 Å². The Hall–Kier alpha value is -0.900. The average molecular weight is 298 g/mol. The van der Waals surface area contributed by atoms with Crippen molar-refractivity contribution < 1.29 is 9.18 Å². The highest BCUT2D eigenvalue weighted by Gasteiger charge is 2.40. The molecule has 2 bridgehead atoms. The van der Waals surface area contributed by atoms with Crippen molar-refractivity contribution in [3.05, 3.63) is 34.1 Å². The van der Waals surface area contributed by atoms with Gasteiger partial charge in [0.05, 0.1) is 5.56 Å². The summed E-state index contributed by atoms with van der Waals surface area (Å²) in [7, 11) is 0. The lowest BCUT2D eigenvalue weighted by Crippen LogP contribution is -2.37. The van der Waals surface area contributed by atoms with Crippen LogP contribution in [-0.2, 0) is 0 Å². The summed E-state index contributed by atoms with van der Waals surface area (Å²) in [4.78, 5) is 14.2. The molecule has 1 saturated carbocycles. The molecule has 2 nitrogen and oxygen atoms in total. The van der Waals surface area contributed by atoms with E-state index in [9.17, 15) is 9.18 Å². The molecule has 1 aliphatic carbocycles. The lowest BCUT2D eigenvalue weighted by molar-refractivity contribution is 0.0702. The van der Waals surface area contributed by atoms with E-state index in [-0.39, 0.29) is 11.7 Å². The zero-order chi connectivity index (χ0) is 12.0. The van der Waals surface area contributed by atoms with Gasteiger partial charge in [-0.15, -0.1) is 0 Å². The number of benzene rings is 1. The Morgan fingerprint density at radius 3 is 2.88 bits per heavy atom. The summed E-state index contributed by atoms with van der Waals surface area (Å²) in [6, 6.07) is 4.65. The van der Waals surface area contributed by atoms with Crippen molar-refractivity contribution >= 4 is 21.8 Å². The Bertz CT molecular complexity index is 476. The molecule has 2 atom stereocenters. The summed E-state index contributed by atoms with van der Waals surface area (Å²) in [6.07, 6.45) is 3.46. The topological polar surface area (TPSA) is 20.3 Å². The highest BCUT2D eigenvalue weighted by atomic mass is 79.9. The Balaban J connectivity index is 1.89. The summed E-state index contributed by atoms with van der Waals surface area (Å²) < 4.78 is 13.9. The van der Waals surface area contributed by atoms with Gasteiger partial charge in [0.15, 0.2) is 0 Å². The number of piperidine rings is 1. The SMILES string of the molecule is O=C(c1cc(F)ccc1Br)N1CC2CCC1C2. The number of fused-ring (bicyclic) bond motifs is 2. The third-order valence-electron chi connectivity index (χ3n) is 3.83. The second kappa shape index (κ2) is 4.09. The molecule has 1 aromatic rings. The number of hydrogen-bond acceptors (Lipinski definition) is 1. The monoisotopic (exact) mass is 297 g/mol. The zero-order valence-corrected chi connectivity index (χ0v) is 10.9. The largest absolute Gasteiger partial charge is 0.335 e. The molecule has 2 fully saturated rings. The standard InChI is InChI=1S/C13H13BrFNO/c14-12-4-2-9(15)6-11(12)13(17)16-7-8-1-3-10(16)5-8/h2,4,6,8,10H,1,3,5,7H2. The molecule has 1 aliphatic heterocycles. The van der Waals surface area contributed by atoms with E-state index in [4.69, 9.17) is 0 Å². The number of rotatable bonds is 1. The number of amides is 1. The number of hydrogen-bond donors (Lipinski definition) is 0. The molecule has 2 aliphatic rings. The van der Waals surface area contributed by atoms with Gasteiger partial charge in [0.1, 0.15) is 5.82 Å². The van der Waals surface area contributed by atoms with Crippen LogP contribution in [0.3, 0.4) is 0 Å². The first-order valence-corrected chi connectivity index (χ1v) is 6.70. The van der Waals surface area contributed by atoms with Crippen LogP contribution in [0.15, 0.2) is 22.7 Å². The summed E-state index contributed by atoms with van der Waals surface area (Å²) in [5.74, 6) is 0.265. The third-order valence-corrected chi connectivity index (χ3v) is 4.52. The van der Waals surface area contributed by atoms with Crippen LogP contribution in [0.4, 0.5) is 4.39 Å². The van der Waals surface area contributed by atoms with Crippen molar-refractivity contribution in [3.63, 3.8) is 0 Å². The molecule has 1 heterocycles. The molecule has 0 N–H and O–H groups in total. The molecule has 1 aromatic carbocycles. The zero-order valence-electron chi connectivity index (χ0n) is 9.33. The molecule has 1 saturated heterocycles. The molecule has 90 valence electrons. The summed E-state index contributed by atoms with van der Waals surface area (Å²) >= 11 is 3.32. The molecule has 17 heavy (non-hydrogen) atoms. The quantitative estimate of drug-likeness (QED) is 0.779. The van der Waals surface area contributed by atoms with E-state index < -0.39 is 0 Å². The maximum absolute atomic E-state index is 13.2. The molecule has 2 unspecified atom stereocenters. The second-order valence-corrected chi connectivity index (χ2v) is 5.77. The summed E-state index contributed by atoms with van der Waals surface area (Å²) in [6.45, 7) is 0.840. The first-order chi connectivity index (χ1) is 8.15. The number of carbonyl (C=O) groups excluding carboxylic acids is 1. The van der Waals surface area contributed by atoms with Gasteiger partial charge in [-0.3, -0.25) is 4.79 Å². The molecule has 4 heteroatoms. The lowest BCUT2D eigenvalue weighted by atomic mass is 10.1. The van der Waals surface area contributed by atoms with Crippen LogP contribution in [0.2, 0.25) is 0 Å². The molecule has 3 rings (SSSR count). The van der Waals surface area contributed by atoms with Crippen molar-refractivity contribution in [3.8, 4) is 0 Å². The number of halogens is 2. The maximum atomic E-state index is 13.2. The van der Waals surface area contributed by atoms with Gasteiger partial charge < -0.3 is 4.90 Å². The van der Waals surface area contributed by atoms with Crippen molar-refractivity contribution in [2.45, 2.75) is 25.3 Å². The first-order valence-electron chi connectivity index (χ1n) is 5.91. The van der Waals surface area contributed by atoms with E-state index in [1.165, 1.54) is 18.6 Å². The Morgan fingerprint density at radius 1 is 1.41 bits per heavy atom. The number of nitrogens with zero attached hydrogens (tertiary/aromatic N) is 1. The minimum absolute atomic E-state index is 0.0384. The van der Waals surface area contributed by atoms with Crippen molar-refractivity contribution in [1.82, 2.24) is 4.90 Å². The number of likely N-dealkylation sites (tertiary alicyclic amines) is 1. The van der Waals surface area contributed by atoms with Crippen LogP contribution in [0.25, 0.3) is 0 Å². The highest BCUT2D eigenvalue weighted by molar-refractivity contribution is 9.10. The van der Waals surface area contributed by atoms with Gasteiger partial charge in [-0.05, 0) is 59.3 Å². The van der Waals surface area contributed by atoms with E-state index in [0.29, 0.717) is 22.0 Å². The smallest absolute Gasteiger partial charge is 0.255 e. The van der Waals surface area contributed by atoms with Gasteiger partial charge in [-0.25, -0.2) is 4.39 Å². The maximum Gasteiger partial charge on any atom is 0.255 e. The van der Waals surface area contributed by atoms with Gasteiger partial charge in [0.25, 0.3) is 5.91 Å². The summed E-state index contributed by atoms with van der Waals surface area (Å²) in [5, 5.41) is 0. The van der Waals surface area contributed by atoms with E-state index >= 15 is 0 Å². The minimum Gasteiger partial charge on any atom is -0.335 e. The molecular weight excluding hydrogens is 285 g/mol. The Morgan fingerprint density at radius 2 is 2.24 bits per heavy atom. The van der Waals surface area contributed by atoms with Gasteiger partial charge in [0.2, 0.25) is 0 Å². The fourth-order valence-electron chi connectivity index (χ4n) is 2.99. The van der Waals surface area contributed by atoms with Crippen molar-refractivity contribution in [1.29, 1.82) is 0 Å². The number of carbonyl (C=O) groups is 1. The fourth-order valence-corrected chi connectivity index (χ4v) is 3.41. The summed E-state index contributed by atoms with van der Waals surface area (Å²) in [5.41, 5.74) is 0.442. The van der Waals surface area contributed by atoms with E-state index in [2.05, 4.69) is 15.9 Å². The normalized spacial score (nSPS) is 26.6. The van der Waals surface area contributed by atoms with Crippen molar-refractivity contribution in [2.24, 2.45) is 5.92 Å². The highest BCUT2D eigenvalue weighted by Crippen LogP contribution is 2.38. The van der Waals surface area contributed by atoms with Crippen molar-refractivity contribution in [2.75, 3.05) is 6.54 Å². The fraction of sp³-hybridized carbons (Fsp3) is 0.462. The van der Waals surface area contributed by atoms with E-state index in [1.807, 2.05) is 4.90 Å². The lowest BCUT2D eigenvalue weighted by Gasteiger charge is -2.27. The van der Waals surface area contributed by atoms with Gasteiger partial charge in [-0.2, -0.15) is 0 Å². The molecule has 0 aromatic heterocycles. The average Bonchev–Trinajstić information content (AvgIpc) is 2.93. The van der Waals surface area contributed by atoms with Gasteiger partial charge >= 0.3 is 0 Å². The first kappa shape index (κ1) is 11.2. The van der Waals surface area contributed by atoms with E-state index in [0.717, 1.165) is 19.4 Å². The molecule has 0 radical (unpaired) electrons.